The van der Waals surface area contributed by atoms with Gasteiger partial charge in [-0.2, -0.15) is 0 Å². The summed E-state index contributed by atoms with van der Waals surface area (Å²) in [4.78, 5) is 37.2. The molecule has 2 bridgehead atoms. The van der Waals surface area contributed by atoms with Crippen LogP contribution in [0.2, 0.25) is 0 Å². The fourth-order valence-corrected chi connectivity index (χ4v) is 4.83. The summed E-state index contributed by atoms with van der Waals surface area (Å²) >= 11 is 1.30. The molecule has 2 aliphatic carbocycles. The predicted molar refractivity (Wildman–Crippen MR) is 89.1 cm³/mol. The number of aliphatic carboxylic acids is 1. The number of carboxylic acid groups (broad SMARTS) is 1. The van der Waals surface area contributed by atoms with Crippen LogP contribution in [0.5, 0.6) is 0 Å². The SMILES string of the molecule is COC(=O)c1c(NC(=O)[C@H]2[C@H](C(=O)O)[C@H]3C=C[C@H]2C3)sc(C)c1C. The van der Waals surface area contributed by atoms with Gasteiger partial charge in [0.15, 0.2) is 0 Å². The first-order chi connectivity index (χ1) is 11.3. The van der Waals surface area contributed by atoms with Gasteiger partial charge in [0.25, 0.3) is 0 Å². The molecule has 0 radical (unpaired) electrons. The maximum absolute atomic E-state index is 12.7. The lowest BCUT2D eigenvalue weighted by Gasteiger charge is -2.23. The van der Waals surface area contributed by atoms with Crippen molar-refractivity contribution in [2.24, 2.45) is 23.7 Å². The van der Waals surface area contributed by atoms with Crippen LogP contribution in [0.3, 0.4) is 0 Å². The van der Waals surface area contributed by atoms with E-state index in [1.807, 2.05) is 19.1 Å². The maximum Gasteiger partial charge on any atom is 0.341 e. The van der Waals surface area contributed by atoms with Gasteiger partial charge in [-0.15, -0.1) is 11.3 Å². The summed E-state index contributed by atoms with van der Waals surface area (Å²) in [6, 6.07) is 0. The number of hydrogen-bond acceptors (Lipinski definition) is 5. The lowest BCUT2D eigenvalue weighted by Crippen LogP contribution is -2.36. The van der Waals surface area contributed by atoms with Crippen LogP contribution in [0, 0.1) is 37.5 Å². The summed E-state index contributed by atoms with van der Waals surface area (Å²) in [5, 5.41) is 12.7. The molecule has 0 aliphatic heterocycles. The van der Waals surface area contributed by atoms with Gasteiger partial charge in [-0.1, -0.05) is 12.2 Å². The molecule has 1 aromatic rings. The van der Waals surface area contributed by atoms with Gasteiger partial charge in [-0.25, -0.2) is 4.79 Å². The summed E-state index contributed by atoms with van der Waals surface area (Å²) in [5.41, 5.74) is 1.11. The Morgan fingerprint density at radius 2 is 1.83 bits per heavy atom. The van der Waals surface area contributed by atoms with E-state index in [4.69, 9.17) is 4.74 Å². The summed E-state index contributed by atoms with van der Waals surface area (Å²) < 4.78 is 4.80. The number of thiophene rings is 1. The van der Waals surface area contributed by atoms with Crippen LogP contribution in [-0.4, -0.2) is 30.1 Å². The molecule has 2 aliphatic rings. The molecule has 1 fully saturated rings. The van der Waals surface area contributed by atoms with Crippen LogP contribution in [-0.2, 0) is 14.3 Å². The molecule has 0 aromatic carbocycles. The Balaban J connectivity index is 1.88. The zero-order valence-electron chi connectivity index (χ0n) is 13.7. The molecule has 128 valence electrons. The molecule has 1 heterocycles. The number of carboxylic acids is 1. The number of allylic oxidation sites excluding steroid dienone is 2. The topological polar surface area (TPSA) is 92.7 Å². The average molecular weight is 349 g/mol. The lowest BCUT2D eigenvalue weighted by molar-refractivity contribution is -0.146. The van der Waals surface area contributed by atoms with Gasteiger partial charge in [0.2, 0.25) is 5.91 Å². The number of esters is 1. The van der Waals surface area contributed by atoms with E-state index in [0.29, 0.717) is 17.0 Å². The smallest absolute Gasteiger partial charge is 0.341 e. The van der Waals surface area contributed by atoms with Crippen molar-refractivity contribution in [1.82, 2.24) is 0 Å². The number of hydrogen-bond donors (Lipinski definition) is 2. The Kier molecular flexibility index (Phi) is 4.21. The zero-order chi connectivity index (χ0) is 17.6. The Hall–Kier alpha value is -2.15. The Labute approximate surface area is 143 Å². The predicted octanol–water partition coefficient (Wildman–Crippen LogP) is 2.61. The minimum Gasteiger partial charge on any atom is -0.481 e. The molecule has 6 nitrogen and oxygen atoms in total. The summed E-state index contributed by atoms with van der Waals surface area (Å²) in [7, 11) is 1.29. The Morgan fingerprint density at radius 3 is 2.42 bits per heavy atom. The molecule has 1 aromatic heterocycles. The van der Waals surface area contributed by atoms with Crippen molar-refractivity contribution in [1.29, 1.82) is 0 Å². The van der Waals surface area contributed by atoms with Crippen molar-refractivity contribution in [3.63, 3.8) is 0 Å². The molecule has 2 N–H and O–H groups in total. The van der Waals surface area contributed by atoms with Crippen LogP contribution in [0.15, 0.2) is 12.2 Å². The molecule has 0 spiro atoms. The van der Waals surface area contributed by atoms with Gasteiger partial charge in [-0.3, -0.25) is 9.59 Å². The third-order valence-corrected chi connectivity index (χ3v) is 6.18. The van der Waals surface area contributed by atoms with Crippen molar-refractivity contribution in [2.75, 3.05) is 12.4 Å². The van der Waals surface area contributed by atoms with Crippen LogP contribution in [0.1, 0.15) is 27.2 Å². The highest BCUT2D eigenvalue weighted by molar-refractivity contribution is 7.16. The van der Waals surface area contributed by atoms with E-state index in [1.165, 1.54) is 18.4 Å². The standard InChI is InChI=1S/C17H19NO5S/c1-7-8(2)24-15(11(7)17(22)23-3)18-14(19)12-9-4-5-10(6-9)13(12)16(20)21/h4-5,9-10,12-13H,6H2,1-3H3,(H,18,19)(H,20,21)/t9-,10-,12+,13+/m0/s1. The number of rotatable bonds is 4. The highest BCUT2D eigenvalue weighted by Crippen LogP contribution is 2.48. The van der Waals surface area contributed by atoms with Crippen molar-refractivity contribution >= 4 is 34.2 Å². The quantitative estimate of drug-likeness (QED) is 0.644. The van der Waals surface area contributed by atoms with E-state index < -0.39 is 23.8 Å². The van der Waals surface area contributed by atoms with Crippen molar-refractivity contribution in [2.45, 2.75) is 20.3 Å². The van der Waals surface area contributed by atoms with Gasteiger partial charge >= 0.3 is 11.9 Å². The van der Waals surface area contributed by atoms with Gasteiger partial charge in [0.05, 0.1) is 24.5 Å². The molecular weight excluding hydrogens is 330 g/mol. The first-order valence-electron chi connectivity index (χ1n) is 7.75. The van der Waals surface area contributed by atoms with E-state index in [0.717, 1.165) is 10.4 Å². The average Bonchev–Trinajstić information content (AvgIpc) is 3.21. The van der Waals surface area contributed by atoms with E-state index >= 15 is 0 Å². The van der Waals surface area contributed by atoms with Gasteiger partial charge < -0.3 is 15.2 Å². The van der Waals surface area contributed by atoms with Gasteiger partial charge in [0, 0.05) is 4.88 Å². The lowest BCUT2D eigenvalue weighted by atomic mass is 9.82. The summed E-state index contributed by atoms with van der Waals surface area (Å²) in [6.45, 7) is 3.66. The number of carbonyl (C=O) groups is 3. The summed E-state index contributed by atoms with van der Waals surface area (Å²) in [5.74, 6) is -3.25. The van der Waals surface area contributed by atoms with Gasteiger partial charge in [0.1, 0.15) is 5.00 Å². The second-order valence-corrected chi connectivity index (χ2v) is 7.53. The van der Waals surface area contributed by atoms with Crippen LogP contribution >= 0.6 is 11.3 Å². The molecule has 24 heavy (non-hydrogen) atoms. The molecule has 0 saturated heterocycles. The van der Waals surface area contributed by atoms with E-state index in [9.17, 15) is 19.5 Å². The number of carbonyl (C=O) groups excluding carboxylic acids is 2. The fourth-order valence-electron chi connectivity index (χ4n) is 3.77. The second kappa shape index (κ2) is 6.05. The van der Waals surface area contributed by atoms with Crippen LogP contribution in [0.25, 0.3) is 0 Å². The highest BCUT2D eigenvalue weighted by Gasteiger charge is 2.51. The third-order valence-electron chi connectivity index (χ3n) is 5.06. The van der Waals surface area contributed by atoms with E-state index in [1.54, 1.807) is 6.92 Å². The molecule has 4 atom stereocenters. The Bertz CT molecular complexity index is 750. The number of nitrogens with one attached hydrogen (secondary N) is 1. The molecule has 0 unspecified atom stereocenters. The molecule has 1 saturated carbocycles. The first kappa shape index (κ1) is 16.7. The maximum atomic E-state index is 12.7. The fraction of sp³-hybridized carbons (Fsp3) is 0.471. The zero-order valence-corrected chi connectivity index (χ0v) is 14.5. The summed E-state index contributed by atoms with van der Waals surface area (Å²) in [6.07, 6.45) is 4.52. The number of fused-ring (bicyclic) bond motifs is 2. The number of amides is 1. The van der Waals surface area contributed by atoms with Crippen LogP contribution < -0.4 is 5.32 Å². The molecular formula is C17H19NO5S. The number of ether oxygens (including phenoxy) is 1. The van der Waals surface area contributed by atoms with Crippen molar-refractivity contribution in [3.05, 3.63) is 28.2 Å². The van der Waals surface area contributed by atoms with E-state index in [2.05, 4.69) is 5.32 Å². The van der Waals surface area contributed by atoms with Crippen molar-refractivity contribution in [3.8, 4) is 0 Å². The number of aryl methyl sites for hydroxylation is 1. The van der Waals surface area contributed by atoms with Crippen molar-refractivity contribution < 1.29 is 24.2 Å². The minimum atomic E-state index is -0.946. The number of anilines is 1. The third kappa shape index (κ3) is 2.53. The van der Waals surface area contributed by atoms with E-state index in [-0.39, 0.29) is 17.7 Å². The number of methoxy groups -OCH3 is 1. The monoisotopic (exact) mass is 349 g/mol. The van der Waals surface area contributed by atoms with Gasteiger partial charge in [-0.05, 0) is 37.7 Å². The normalized spacial score (nSPS) is 27.3. The Morgan fingerprint density at radius 1 is 1.21 bits per heavy atom. The first-order valence-corrected chi connectivity index (χ1v) is 8.57. The van der Waals surface area contributed by atoms with Crippen LogP contribution in [0.4, 0.5) is 5.00 Å². The largest absolute Gasteiger partial charge is 0.481 e. The minimum absolute atomic E-state index is 0.0557. The highest BCUT2D eigenvalue weighted by atomic mass is 32.1. The molecule has 7 heteroatoms. The molecule has 3 rings (SSSR count). The second-order valence-electron chi connectivity index (χ2n) is 6.31. The molecule has 1 amide bonds.